The average Bonchev–Trinajstić information content (AvgIpc) is 1.18. The first-order valence-electron chi connectivity index (χ1n) is 34.2. The molecule has 8 amide bonds. The van der Waals surface area contributed by atoms with Crippen molar-refractivity contribution in [3.8, 4) is 0 Å². The number of carboxylic acids is 1. The highest BCUT2D eigenvalue weighted by molar-refractivity contribution is 8.60. The molecule has 0 aromatic heterocycles. The number of aliphatic hydroxyl groups excluding tert-OH is 1. The van der Waals surface area contributed by atoms with Crippen LogP contribution in [0.2, 0.25) is 0 Å². The monoisotopic (exact) mass is 1640 g/mol. The van der Waals surface area contributed by atoms with Crippen LogP contribution in [0.1, 0.15) is 159 Å². The first kappa shape index (κ1) is 95.1. The van der Waals surface area contributed by atoms with Crippen LogP contribution < -0.4 is 43.0 Å². The lowest BCUT2D eigenvalue weighted by Crippen LogP contribution is -2.59. The summed E-state index contributed by atoms with van der Waals surface area (Å²) in [6, 6.07) is 0.398. The minimum atomic E-state index is -1.70. The number of primary amides is 1. The number of nitrogens with two attached hydrogens (primary N) is 1. The number of aliphatic carboxylic acids is 1. The lowest BCUT2D eigenvalue weighted by Gasteiger charge is -2.30. The lowest BCUT2D eigenvalue weighted by molar-refractivity contribution is -0.144. The molecule has 2 rings (SSSR count). The van der Waals surface area contributed by atoms with Gasteiger partial charge in [-0.2, -0.15) is 0 Å². The molecule has 0 saturated carbocycles. The number of carbonyl (C=O) groups excluding carboxylic acids is 11. The zero-order chi connectivity index (χ0) is 76.5. The third kappa shape index (κ3) is 33.2. The molecule has 1 aliphatic rings. The minimum Gasteiger partial charge on any atom is -0.480 e. The molecule has 0 aliphatic carbocycles. The summed E-state index contributed by atoms with van der Waals surface area (Å²) in [5, 5.41) is 40.2. The van der Waals surface area contributed by atoms with Crippen LogP contribution >= 0.6 is 99.9 Å². The summed E-state index contributed by atoms with van der Waals surface area (Å²) in [6.45, 7) is 23.0. The van der Waals surface area contributed by atoms with Crippen LogP contribution in [0.25, 0.3) is 0 Å². The van der Waals surface area contributed by atoms with Crippen molar-refractivity contribution in [3.63, 3.8) is 0 Å². The van der Waals surface area contributed by atoms with E-state index in [0.29, 0.717) is 59.4 Å². The van der Waals surface area contributed by atoms with Crippen LogP contribution in [0, 0.1) is 53.3 Å². The van der Waals surface area contributed by atoms with Crippen molar-refractivity contribution < 1.29 is 76.8 Å². The molecular weight excluding hydrogens is 1520 g/mol. The molecule has 572 valence electrons. The number of benzene rings is 1. The summed E-state index contributed by atoms with van der Waals surface area (Å²) >= 11 is 0. The fourth-order valence-corrected chi connectivity index (χ4v) is 18.9. The molecular formula is C64H115N9O16P12. The van der Waals surface area contributed by atoms with E-state index in [9.17, 15) is 67.7 Å². The Morgan fingerprint density at radius 2 is 1.04 bits per heavy atom. The highest BCUT2D eigenvalue weighted by Gasteiger charge is 2.41. The number of carbonyl (C=O) groups is 12. The third-order valence-corrected chi connectivity index (χ3v) is 45.8. The van der Waals surface area contributed by atoms with Crippen LogP contribution in [0.15, 0.2) is 42.6 Å². The van der Waals surface area contributed by atoms with E-state index in [2.05, 4.69) is 102 Å². The third-order valence-electron chi connectivity index (χ3n) is 18.6. The first-order valence-corrected chi connectivity index (χ1v) is 53.9. The molecule has 1 aliphatic heterocycles. The Hall–Kier alpha value is -1.96. The van der Waals surface area contributed by atoms with Crippen molar-refractivity contribution in [2.24, 2.45) is 59.0 Å². The molecule has 1 aromatic rings. The maximum absolute atomic E-state index is 14.8. The van der Waals surface area contributed by atoms with Gasteiger partial charge in [0.1, 0.15) is 24.2 Å². The van der Waals surface area contributed by atoms with Gasteiger partial charge in [-0.3, -0.25) is 52.7 Å². The smallest absolute Gasteiger partial charge is 0.326 e. The van der Waals surface area contributed by atoms with E-state index in [1.165, 1.54) is 13.8 Å². The van der Waals surface area contributed by atoms with E-state index in [4.69, 9.17) is 14.8 Å². The van der Waals surface area contributed by atoms with Crippen LogP contribution in [0.5, 0.6) is 0 Å². The van der Waals surface area contributed by atoms with E-state index in [-0.39, 0.29) is 72.6 Å². The Morgan fingerprint density at radius 3 is 1.50 bits per heavy atom. The molecule has 12 unspecified atom stereocenters. The topological polar surface area (TPSA) is 377 Å². The molecule has 1 saturated heterocycles. The SMILES string of the molecule is C=C1C[C@@H](C[C@H](NC(=O)[C@H](C)NC(=O)[C@H](NC(=O)[C@H](COP(P)PP)CC(=O)[C@@H](NC(=O)[C@H](CC(=O)[C@@H](CCC(N)=O)NC(=O)[C@H](COP(P)PP)CC(=O)[C@@H](NC(=O)[C@H](CC)Cc2ccccc2)[C@@H](C)CC)[C@@H](C)CC)[C@@H](C)CC)[C@H](C)O)C(=O)N[C@H](C(=O)O)[C@@H](C)CC)CN1P(P)PP. The van der Waals surface area contributed by atoms with Crippen LogP contribution in [-0.4, -0.2) is 154 Å². The Balaban J connectivity index is 2.49. The van der Waals surface area contributed by atoms with E-state index < -0.39 is 190 Å². The van der Waals surface area contributed by atoms with Gasteiger partial charge in [-0.15, -0.1) is 26.8 Å². The Kier molecular flexibility index (Phi) is 47.0. The number of Topliss-reactive ketones (excluding diaryl/α,β-unsaturated/α-hetero) is 3. The highest BCUT2D eigenvalue weighted by Crippen LogP contribution is 2.71. The molecule has 37 heteroatoms. The number of ketones is 3. The van der Waals surface area contributed by atoms with Crippen molar-refractivity contribution >= 4 is 171 Å². The summed E-state index contributed by atoms with van der Waals surface area (Å²) in [4.78, 5) is 169. The summed E-state index contributed by atoms with van der Waals surface area (Å²) in [6.07, 6.45) is -0.218. The number of nitrogens with one attached hydrogen (secondary N) is 7. The summed E-state index contributed by atoms with van der Waals surface area (Å²) in [5.41, 5.74) is 7.45. The minimum absolute atomic E-state index is 0.114. The molecule has 25 nitrogen and oxygen atoms in total. The van der Waals surface area contributed by atoms with Gasteiger partial charge < -0.3 is 66.9 Å². The molecule has 0 bridgehead atoms. The van der Waals surface area contributed by atoms with E-state index in [1.54, 1.807) is 34.6 Å². The second-order valence-electron chi connectivity index (χ2n) is 26.2. The zero-order valence-electron chi connectivity index (χ0n) is 60.2. The number of aliphatic hydroxyl groups is 1. The van der Waals surface area contributed by atoms with Gasteiger partial charge in [0.15, 0.2) is 17.3 Å². The predicted molar refractivity (Wildman–Crippen MR) is 432 cm³/mol. The van der Waals surface area contributed by atoms with E-state index in [1.807, 2.05) is 58.0 Å². The van der Waals surface area contributed by atoms with Crippen molar-refractivity contribution in [2.45, 2.75) is 208 Å². The Bertz CT molecular complexity index is 2910. The Labute approximate surface area is 620 Å². The number of rotatable bonds is 51. The van der Waals surface area contributed by atoms with E-state index >= 15 is 0 Å². The number of hydrogen-bond donors (Lipinski definition) is 10. The van der Waals surface area contributed by atoms with E-state index in [0.717, 1.165) is 11.3 Å². The fraction of sp³-hybridized carbons (Fsp3) is 0.688. The molecule has 1 aromatic carbocycles. The van der Waals surface area contributed by atoms with Crippen LogP contribution in [0.3, 0.4) is 0 Å². The standard InChI is InChI=1S/C64H115N9O16P12/c1-13-34(6)46(30-49(75)47(23-24-52(65)78)67-59(81)44(32-88-100(94)97-91)28-50(76)53(35(7)14-2)69-58(80)43(17-5)26-41-21-19-18-20-22-41)61(83)70-54(36(8)15-3)51(77)29-45(33-89-101(95)98-92)60(82)72-56(40(12)74)63(85)66-39(11)57(79)68-48(62(84)71-55(64(86)87)37(9)16-4)27-42-25-38(10)73(31-42)99(93)96-90/h18-22,34-37,39-40,42-48,53-56,74,96-98H,10,13-17,23-33,90-95H2,1-9,11-12H3,(H2,65,78)(H,66,85)(H,67,81)(H,68,79)(H,69,80)(H,70,83)(H,71,84)(H,72,82)(H,86,87)/t34-,35-,36-,37-,39-,40-,42-,43+,44-,45-,46+,47+,48-,53-,54-,55-,56+,99?,100?,101?/m0/s1. The maximum atomic E-state index is 14.8. The predicted octanol–water partition coefficient (Wildman–Crippen LogP) is 9.28. The highest BCUT2D eigenvalue weighted by atomic mass is 32.6. The second kappa shape index (κ2) is 49.9. The van der Waals surface area contributed by atoms with Crippen molar-refractivity contribution in [1.82, 2.24) is 41.9 Å². The molecule has 1 heterocycles. The lowest BCUT2D eigenvalue weighted by atomic mass is 9.83. The van der Waals surface area contributed by atoms with Gasteiger partial charge >= 0.3 is 5.97 Å². The summed E-state index contributed by atoms with van der Waals surface area (Å²) in [5.74, 6) is -14.8. The largest absolute Gasteiger partial charge is 0.480 e. The number of nitrogens with zero attached hydrogens (tertiary/aromatic N) is 1. The molecule has 1 fully saturated rings. The van der Waals surface area contributed by atoms with Gasteiger partial charge in [-0.1, -0.05) is 160 Å². The molecule has 29 atom stereocenters. The van der Waals surface area contributed by atoms with Gasteiger partial charge in [0.2, 0.25) is 47.3 Å². The summed E-state index contributed by atoms with van der Waals surface area (Å²) in [7, 11) is 13.9. The first-order chi connectivity index (χ1) is 47.6. The normalized spacial score (nSPS) is 19.1. The molecule has 0 radical (unpaired) electrons. The van der Waals surface area contributed by atoms with Crippen molar-refractivity contribution in [1.29, 1.82) is 0 Å². The van der Waals surface area contributed by atoms with Gasteiger partial charge in [0.25, 0.3) is 0 Å². The number of amides is 8. The van der Waals surface area contributed by atoms with Crippen LogP contribution in [-0.2, 0) is 73.0 Å². The van der Waals surface area contributed by atoms with Gasteiger partial charge in [0.05, 0.1) is 64.3 Å². The number of hydrogen-bond acceptors (Lipinski definition) is 16. The average molecular weight is 1640 g/mol. The molecule has 101 heavy (non-hydrogen) atoms. The second-order valence-corrected chi connectivity index (χ2v) is 52.2. The number of allylic oxidation sites excluding steroid dienone is 1. The fourth-order valence-electron chi connectivity index (χ4n) is 11.3. The van der Waals surface area contributed by atoms with Gasteiger partial charge in [-0.25, -0.2) is 4.79 Å². The van der Waals surface area contributed by atoms with Crippen LogP contribution in [0.4, 0.5) is 0 Å². The summed E-state index contributed by atoms with van der Waals surface area (Å²) < 4.78 is 14.3. The van der Waals surface area contributed by atoms with Crippen molar-refractivity contribution in [2.75, 3.05) is 19.8 Å². The zero-order valence-corrected chi connectivity index (χ0v) is 72.8. The maximum Gasteiger partial charge on any atom is 0.326 e. The van der Waals surface area contributed by atoms with Gasteiger partial charge in [0, 0.05) is 57.2 Å². The number of carboxylic acid groups (broad SMARTS) is 1. The Morgan fingerprint density at radius 1 is 0.574 bits per heavy atom. The molecule has 11 N–H and O–H groups in total. The molecule has 0 spiro atoms. The van der Waals surface area contributed by atoms with Gasteiger partial charge in [-0.05, 0) is 97.0 Å². The van der Waals surface area contributed by atoms with Crippen molar-refractivity contribution in [3.05, 3.63) is 48.2 Å². The quantitative estimate of drug-likeness (QED) is 0.0271.